The summed E-state index contributed by atoms with van der Waals surface area (Å²) in [5.41, 5.74) is 0. The van der Waals surface area contributed by atoms with Crippen molar-refractivity contribution in [3.8, 4) is 0 Å². The first-order valence-corrected chi connectivity index (χ1v) is 42.5. The molecule has 0 aliphatic carbocycles. The first kappa shape index (κ1) is 93.1. The fourth-order valence-corrected chi connectivity index (χ4v) is 13.2. The third-order valence-electron chi connectivity index (χ3n) is 18.1. The highest BCUT2D eigenvalue weighted by Gasteiger charge is 2.30. The van der Waals surface area contributed by atoms with E-state index in [1.165, 1.54) is 205 Å². The zero-order valence-corrected chi connectivity index (χ0v) is 63.8. The van der Waals surface area contributed by atoms with Gasteiger partial charge in [0.2, 0.25) is 0 Å². The van der Waals surface area contributed by atoms with Crippen LogP contribution in [0.3, 0.4) is 0 Å². The minimum Gasteiger partial charge on any atom is -0.462 e. The number of carbonyl (C=O) groups is 4. The Balaban J connectivity index is 5.20. The average molecular weight is 1400 g/mol. The third-order valence-corrected chi connectivity index (χ3v) is 20.0. The van der Waals surface area contributed by atoms with Crippen molar-refractivity contribution in [3.05, 3.63) is 0 Å². The number of hydrogen-bond acceptors (Lipinski definition) is 15. The number of carbonyl (C=O) groups excluding carboxylic acids is 4. The van der Waals surface area contributed by atoms with Crippen molar-refractivity contribution in [2.24, 2.45) is 11.8 Å². The lowest BCUT2D eigenvalue weighted by Crippen LogP contribution is -2.30. The van der Waals surface area contributed by atoms with Gasteiger partial charge >= 0.3 is 39.5 Å². The summed E-state index contributed by atoms with van der Waals surface area (Å²) < 4.78 is 68.4. The number of ether oxygens (including phenoxy) is 4. The molecule has 3 N–H and O–H groups in total. The van der Waals surface area contributed by atoms with E-state index in [2.05, 4.69) is 41.5 Å². The monoisotopic (exact) mass is 1400 g/mol. The quantitative estimate of drug-likeness (QED) is 0.0222. The number of unbranched alkanes of at least 4 members (excludes halogenated alkanes) is 44. The molecule has 0 amide bonds. The lowest BCUT2D eigenvalue weighted by atomic mass is 10.00. The summed E-state index contributed by atoms with van der Waals surface area (Å²) in [5, 5.41) is 10.6. The third kappa shape index (κ3) is 69.0. The van der Waals surface area contributed by atoms with E-state index in [1.54, 1.807) is 0 Å². The van der Waals surface area contributed by atoms with Gasteiger partial charge in [-0.05, 0) is 37.5 Å². The van der Waals surface area contributed by atoms with Crippen LogP contribution in [-0.4, -0.2) is 96.7 Å². The van der Waals surface area contributed by atoms with Gasteiger partial charge in [-0.1, -0.05) is 343 Å². The Morgan fingerprint density at radius 2 is 0.537 bits per heavy atom. The molecule has 0 fully saturated rings. The van der Waals surface area contributed by atoms with Gasteiger partial charge in [-0.2, -0.15) is 0 Å². The van der Waals surface area contributed by atoms with E-state index in [0.717, 1.165) is 102 Å². The van der Waals surface area contributed by atoms with Crippen LogP contribution in [0.2, 0.25) is 0 Å². The van der Waals surface area contributed by atoms with Gasteiger partial charge in [0.05, 0.1) is 26.4 Å². The van der Waals surface area contributed by atoms with Gasteiger partial charge < -0.3 is 33.8 Å². The Bertz CT molecular complexity index is 1840. The molecular weight excluding hydrogens is 1250 g/mol. The highest BCUT2D eigenvalue weighted by molar-refractivity contribution is 7.47. The van der Waals surface area contributed by atoms with Gasteiger partial charge in [0.1, 0.15) is 19.3 Å². The van der Waals surface area contributed by atoms with Gasteiger partial charge in [0.25, 0.3) is 0 Å². The molecule has 95 heavy (non-hydrogen) atoms. The highest BCUT2D eigenvalue weighted by atomic mass is 31.2. The number of rotatable bonds is 75. The van der Waals surface area contributed by atoms with Gasteiger partial charge in [0.15, 0.2) is 12.2 Å². The molecule has 19 heteroatoms. The zero-order valence-electron chi connectivity index (χ0n) is 62.0. The van der Waals surface area contributed by atoms with E-state index >= 15 is 0 Å². The maximum Gasteiger partial charge on any atom is 0.472 e. The highest BCUT2D eigenvalue weighted by Crippen LogP contribution is 2.45. The molecule has 3 unspecified atom stereocenters. The Morgan fingerprint density at radius 3 is 0.800 bits per heavy atom. The fraction of sp³-hybridized carbons (Fsp3) is 0.947. The maximum absolute atomic E-state index is 13.1. The van der Waals surface area contributed by atoms with E-state index in [0.29, 0.717) is 31.6 Å². The van der Waals surface area contributed by atoms with Crippen molar-refractivity contribution in [3.63, 3.8) is 0 Å². The summed E-state index contributed by atoms with van der Waals surface area (Å²) in [6, 6.07) is 0. The molecule has 0 aromatic heterocycles. The van der Waals surface area contributed by atoms with Crippen molar-refractivity contribution in [2.75, 3.05) is 39.6 Å². The predicted octanol–water partition coefficient (Wildman–Crippen LogP) is 22.3. The van der Waals surface area contributed by atoms with Crippen molar-refractivity contribution >= 4 is 39.5 Å². The van der Waals surface area contributed by atoms with E-state index in [-0.39, 0.29) is 25.7 Å². The lowest BCUT2D eigenvalue weighted by Gasteiger charge is -2.21. The molecule has 0 aliphatic heterocycles. The molecule has 6 atom stereocenters. The first-order chi connectivity index (χ1) is 45.9. The molecule has 0 heterocycles. The summed E-state index contributed by atoms with van der Waals surface area (Å²) in [6.45, 7) is 9.46. The molecule has 0 radical (unpaired) electrons. The molecular formula is C76H148O17P2. The molecule has 564 valence electrons. The van der Waals surface area contributed by atoms with Crippen molar-refractivity contribution in [2.45, 2.75) is 413 Å². The van der Waals surface area contributed by atoms with E-state index in [1.807, 2.05) is 0 Å². The molecule has 0 spiro atoms. The second-order valence-corrected chi connectivity index (χ2v) is 31.0. The van der Waals surface area contributed by atoms with Crippen LogP contribution in [0.5, 0.6) is 0 Å². The van der Waals surface area contributed by atoms with Crippen LogP contribution in [0.25, 0.3) is 0 Å². The van der Waals surface area contributed by atoms with Crippen molar-refractivity contribution < 1.29 is 80.2 Å². The summed E-state index contributed by atoms with van der Waals surface area (Å²) in [4.78, 5) is 72.7. The van der Waals surface area contributed by atoms with Gasteiger partial charge in [0, 0.05) is 25.7 Å². The second kappa shape index (κ2) is 67.9. The molecule has 0 aliphatic rings. The Hall–Kier alpha value is -1.94. The smallest absolute Gasteiger partial charge is 0.462 e. The van der Waals surface area contributed by atoms with Crippen LogP contribution in [-0.2, 0) is 65.4 Å². The molecule has 0 saturated heterocycles. The number of phosphoric acid groups is 2. The second-order valence-electron chi connectivity index (χ2n) is 28.1. The van der Waals surface area contributed by atoms with Gasteiger partial charge in [-0.15, -0.1) is 0 Å². The minimum absolute atomic E-state index is 0.102. The van der Waals surface area contributed by atoms with Crippen LogP contribution in [0.15, 0.2) is 0 Å². The van der Waals surface area contributed by atoms with Gasteiger partial charge in [-0.3, -0.25) is 37.3 Å². The van der Waals surface area contributed by atoms with Crippen LogP contribution >= 0.6 is 15.6 Å². The van der Waals surface area contributed by atoms with Crippen molar-refractivity contribution in [1.29, 1.82) is 0 Å². The minimum atomic E-state index is -4.96. The van der Waals surface area contributed by atoms with Crippen molar-refractivity contribution in [1.82, 2.24) is 0 Å². The summed E-state index contributed by atoms with van der Waals surface area (Å²) >= 11 is 0. The largest absolute Gasteiger partial charge is 0.472 e. The van der Waals surface area contributed by atoms with E-state index in [9.17, 15) is 43.2 Å². The standard InChI is InChI=1S/C76H148O17P2/c1-7-10-12-14-16-18-20-22-24-26-27-28-29-31-33-35-37-39-48-54-60-75(80)92-71(64-86-73(78)58-52-46-38-36-34-32-30-25-23-21-19-17-15-13-11-8-2)66-90-94(82,83)88-62-70(77)63-89-95(84,85)91-67-72(65-87-74(79)59-53-47-42-40-44-50-56-68(4)5)93-76(81)61-55-49-43-41-45-51-57-69(6)9-3/h68-72,77H,7-67H2,1-6H3,(H,82,83)(H,84,85)/t69?,70-,71-,72-/m1/s1. The number of hydrogen-bond donors (Lipinski definition) is 3. The van der Waals surface area contributed by atoms with Crippen LogP contribution in [0, 0.1) is 11.8 Å². The maximum atomic E-state index is 13.1. The van der Waals surface area contributed by atoms with E-state index in [4.69, 9.17) is 37.0 Å². The number of aliphatic hydroxyl groups is 1. The zero-order chi connectivity index (χ0) is 70.0. The lowest BCUT2D eigenvalue weighted by molar-refractivity contribution is -0.161. The number of esters is 4. The number of phosphoric ester groups is 2. The summed E-state index contributed by atoms with van der Waals surface area (Å²) in [5.74, 6) is -0.722. The molecule has 0 aromatic carbocycles. The molecule has 17 nitrogen and oxygen atoms in total. The first-order valence-electron chi connectivity index (χ1n) is 39.5. The molecule has 0 bridgehead atoms. The van der Waals surface area contributed by atoms with Crippen LogP contribution in [0.1, 0.15) is 395 Å². The Labute approximate surface area is 581 Å². The fourth-order valence-electron chi connectivity index (χ4n) is 11.6. The Morgan fingerprint density at radius 1 is 0.305 bits per heavy atom. The molecule has 0 saturated carbocycles. The summed E-state index contributed by atoms with van der Waals surface area (Å²) in [6.07, 6.45) is 55.9. The SMILES string of the molecule is CCCCCCCCCCCCCCCCCCCCCCC(=O)O[C@H](COC(=O)CCCCCCCCCCCCCCCCCC)COP(=O)(O)OC[C@@H](O)COP(=O)(O)OC[C@@H](COC(=O)CCCCCCCCC(C)C)OC(=O)CCCCCCCCC(C)CC. The van der Waals surface area contributed by atoms with Crippen LogP contribution < -0.4 is 0 Å². The van der Waals surface area contributed by atoms with Gasteiger partial charge in [-0.25, -0.2) is 9.13 Å². The van der Waals surface area contributed by atoms with E-state index < -0.39 is 97.5 Å². The summed E-state index contributed by atoms with van der Waals surface area (Å²) in [7, 11) is -9.91. The molecule has 0 aromatic rings. The predicted molar refractivity (Wildman–Crippen MR) is 386 cm³/mol. The van der Waals surface area contributed by atoms with Crippen LogP contribution in [0.4, 0.5) is 0 Å². The molecule has 0 rings (SSSR count). The topological polar surface area (TPSA) is 237 Å². The average Bonchev–Trinajstić information content (AvgIpc) is 1.74. The Kier molecular flexibility index (Phi) is 66.5. The number of aliphatic hydroxyl groups excluding tert-OH is 1. The normalized spacial score (nSPS) is 14.3.